The van der Waals surface area contributed by atoms with Gasteiger partial charge in [-0.2, -0.15) is 0 Å². The van der Waals surface area contributed by atoms with Crippen LogP contribution in [0.15, 0.2) is 0 Å². The number of hydrogen-bond acceptors (Lipinski definition) is 4. The molecule has 108 valence electrons. The van der Waals surface area contributed by atoms with E-state index in [0.717, 1.165) is 0 Å². The minimum atomic E-state index is -1.53. The van der Waals surface area contributed by atoms with E-state index in [1.807, 2.05) is 27.7 Å². The largest absolute Gasteiger partial charge is 0.479 e. The minimum absolute atomic E-state index is 0.150. The van der Waals surface area contributed by atoms with E-state index in [2.05, 4.69) is 0 Å². The van der Waals surface area contributed by atoms with Crippen LogP contribution < -0.4 is 0 Å². The number of carboxylic acids is 1. The molecule has 0 saturated carbocycles. The molecule has 0 saturated heterocycles. The number of hydrogen-bond donors (Lipinski definition) is 1. The fourth-order valence-corrected chi connectivity index (χ4v) is 1.48. The maximum absolute atomic E-state index is 11.5. The molecule has 0 aliphatic heterocycles. The lowest BCUT2D eigenvalue weighted by atomic mass is 10.1. The van der Waals surface area contributed by atoms with Crippen LogP contribution in [0.5, 0.6) is 0 Å². The van der Waals surface area contributed by atoms with E-state index in [0.29, 0.717) is 0 Å². The molecule has 0 heterocycles. The second-order valence-electron chi connectivity index (χ2n) is 5.28. The molecule has 0 aromatic heterocycles. The van der Waals surface area contributed by atoms with Crippen molar-refractivity contribution in [3.8, 4) is 0 Å². The topological polar surface area (TPSA) is 65.0 Å². The monoisotopic (exact) mass is 262 g/mol. The van der Waals surface area contributed by atoms with E-state index in [1.54, 1.807) is 13.8 Å². The van der Waals surface area contributed by atoms with Gasteiger partial charge in [0, 0.05) is 0 Å². The van der Waals surface area contributed by atoms with Crippen molar-refractivity contribution >= 4 is 5.97 Å². The zero-order chi connectivity index (χ0) is 14.5. The number of rotatable bonds is 8. The van der Waals surface area contributed by atoms with E-state index < -0.39 is 17.9 Å². The Morgan fingerprint density at radius 3 is 1.56 bits per heavy atom. The molecule has 1 unspecified atom stereocenters. The SMILES string of the molecule is CC(C)OC(OC(C)C)C(C)(OC(C)C)C(=O)O. The standard InChI is InChI=1S/C13H26O5/c1-8(2)16-12(17-9(3)4)13(7,11(14)15)18-10(5)6/h8-10,12H,1-7H3,(H,14,15). The Morgan fingerprint density at radius 1 is 0.944 bits per heavy atom. The van der Waals surface area contributed by atoms with Gasteiger partial charge >= 0.3 is 5.97 Å². The van der Waals surface area contributed by atoms with Crippen molar-refractivity contribution in [1.82, 2.24) is 0 Å². The lowest BCUT2D eigenvalue weighted by Crippen LogP contribution is -2.54. The summed E-state index contributed by atoms with van der Waals surface area (Å²) in [7, 11) is 0. The number of carbonyl (C=O) groups is 1. The van der Waals surface area contributed by atoms with Crippen molar-refractivity contribution < 1.29 is 24.1 Å². The Bertz CT molecular complexity index is 252. The van der Waals surface area contributed by atoms with Gasteiger partial charge in [0.1, 0.15) is 0 Å². The second kappa shape index (κ2) is 7.07. The molecule has 5 nitrogen and oxygen atoms in total. The molecule has 0 aromatic carbocycles. The van der Waals surface area contributed by atoms with Gasteiger partial charge < -0.3 is 19.3 Å². The van der Waals surface area contributed by atoms with Crippen molar-refractivity contribution in [2.45, 2.75) is 78.7 Å². The molecule has 1 atom stereocenters. The van der Waals surface area contributed by atoms with Gasteiger partial charge in [0.25, 0.3) is 0 Å². The molecule has 0 aromatic rings. The Hall–Kier alpha value is -0.650. The van der Waals surface area contributed by atoms with Crippen LogP contribution in [0, 0.1) is 0 Å². The van der Waals surface area contributed by atoms with Crippen LogP contribution in [0.1, 0.15) is 48.5 Å². The number of ether oxygens (including phenoxy) is 3. The van der Waals surface area contributed by atoms with Gasteiger partial charge in [-0.25, -0.2) is 4.79 Å². The van der Waals surface area contributed by atoms with Crippen molar-refractivity contribution in [3.63, 3.8) is 0 Å². The predicted molar refractivity (Wildman–Crippen MR) is 68.5 cm³/mol. The van der Waals surface area contributed by atoms with Gasteiger partial charge in [-0.15, -0.1) is 0 Å². The summed E-state index contributed by atoms with van der Waals surface area (Å²) in [5.41, 5.74) is -1.53. The molecule has 0 amide bonds. The Balaban J connectivity index is 5.12. The maximum Gasteiger partial charge on any atom is 0.341 e. The van der Waals surface area contributed by atoms with Crippen LogP contribution in [0.3, 0.4) is 0 Å². The molecule has 0 radical (unpaired) electrons. The fourth-order valence-electron chi connectivity index (χ4n) is 1.48. The van der Waals surface area contributed by atoms with Crippen molar-refractivity contribution in [3.05, 3.63) is 0 Å². The highest BCUT2D eigenvalue weighted by atomic mass is 16.7. The summed E-state index contributed by atoms with van der Waals surface area (Å²) in [6.45, 7) is 12.3. The number of aliphatic carboxylic acids is 1. The average Bonchev–Trinajstić information content (AvgIpc) is 2.13. The maximum atomic E-state index is 11.5. The van der Waals surface area contributed by atoms with Gasteiger partial charge in [-0.3, -0.25) is 0 Å². The molecule has 0 aliphatic rings. The molecule has 18 heavy (non-hydrogen) atoms. The van der Waals surface area contributed by atoms with Gasteiger partial charge in [-0.05, 0) is 48.5 Å². The first-order valence-corrected chi connectivity index (χ1v) is 6.31. The molecule has 5 heteroatoms. The third-order valence-corrected chi connectivity index (χ3v) is 2.15. The van der Waals surface area contributed by atoms with Crippen LogP contribution in [0.4, 0.5) is 0 Å². The van der Waals surface area contributed by atoms with Crippen LogP contribution in [0.2, 0.25) is 0 Å². The lowest BCUT2D eigenvalue weighted by molar-refractivity contribution is -0.276. The Kier molecular flexibility index (Phi) is 6.81. The van der Waals surface area contributed by atoms with Gasteiger partial charge in [0.15, 0.2) is 6.29 Å². The lowest BCUT2D eigenvalue weighted by Gasteiger charge is -2.36. The van der Waals surface area contributed by atoms with Gasteiger partial charge in [0.2, 0.25) is 5.60 Å². The van der Waals surface area contributed by atoms with Crippen molar-refractivity contribution in [2.24, 2.45) is 0 Å². The average molecular weight is 262 g/mol. The van der Waals surface area contributed by atoms with Crippen molar-refractivity contribution in [1.29, 1.82) is 0 Å². The molecular weight excluding hydrogens is 236 g/mol. The highest BCUT2D eigenvalue weighted by Crippen LogP contribution is 2.24. The first-order valence-electron chi connectivity index (χ1n) is 6.31. The predicted octanol–water partition coefficient (Wildman–Crippen LogP) is 2.43. The molecule has 0 aliphatic carbocycles. The molecule has 0 fully saturated rings. The van der Waals surface area contributed by atoms with Crippen LogP contribution in [-0.4, -0.2) is 41.3 Å². The Morgan fingerprint density at radius 2 is 1.33 bits per heavy atom. The first-order chi connectivity index (χ1) is 8.09. The van der Waals surface area contributed by atoms with Crippen molar-refractivity contribution in [2.75, 3.05) is 0 Å². The Labute approximate surface area is 109 Å². The number of carboxylic acid groups (broad SMARTS) is 1. The van der Waals surface area contributed by atoms with E-state index >= 15 is 0 Å². The summed E-state index contributed by atoms with van der Waals surface area (Å²) in [6.07, 6.45) is -1.48. The molecule has 1 N–H and O–H groups in total. The van der Waals surface area contributed by atoms with Crippen LogP contribution >= 0.6 is 0 Å². The summed E-state index contributed by atoms with van der Waals surface area (Å²) in [5.74, 6) is -1.09. The second-order valence-corrected chi connectivity index (χ2v) is 5.28. The summed E-state index contributed by atoms with van der Waals surface area (Å²) in [5, 5.41) is 9.39. The van der Waals surface area contributed by atoms with E-state index in [4.69, 9.17) is 14.2 Å². The zero-order valence-corrected chi connectivity index (χ0v) is 12.4. The molecular formula is C13H26O5. The summed E-state index contributed by atoms with van der Waals surface area (Å²) < 4.78 is 16.6. The summed E-state index contributed by atoms with van der Waals surface area (Å²) in [6, 6.07) is 0. The van der Waals surface area contributed by atoms with Gasteiger partial charge in [0.05, 0.1) is 18.3 Å². The van der Waals surface area contributed by atoms with Crippen LogP contribution in [0.25, 0.3) is 0 Å². The molecule has 0 rings (SSSR count). The normalized spacial score (nSPS) is 15.7. The first kappa shape index (κ1) is 17.4. The van der Waals surface area contributed by atoms with Gasteiger partial charge in [-0.1, -0.05) is 0 Å². The highest BCUT2D eigenvalue weighted by molar-refractivity contribution is 5.77. The zero-order valence-electron chi connectivity index (χ0n) is 12.4. The highest BCUT2D eigenvalue weighted by Gasteiger charge is 2.46. The summed E-state index contributed by atoms with van der Waals surface area (Å²) >= 11 is 0. The van der Waals surface area contributed by atoms with E-state index in [9.17, 15) is 9.90 Å². The molecule has 0 bridgehead atoms. The molecule has 0 spiro atoms. The third-order valence-electron chi connectivity index (χ3n) is 2.15. The van der Waals surface area contributed by atoms with E-state index in [-0.39, 0.29) is 18.3 Å². The third kappa shape index (κ3) is 5.33. The fraction of sp³-hybridized carbons (Fsp3) is 0.923. The summed E-state index contributed by atoms with van der Waals surface area (Å²) in [4.78, 5) is 11.5. The van der Waals surface area contributed by atoms with E-state index in [1.165, 1.54) is 6.92 Å². The quantitative estimate of drug-likeness (QED) is 0.681. The minimum Gasteiger partial charge on any atom is -0.479 e. The smallest absolute Gasteiger partial charge is 0.341 e. The van der Waals surface area contributed by atoms with Crippen LogP contribution in [-0.2, 0) is 19.0 Å².